The summed E-state index contributed by atoms with van der Waals surface area (Å²) in [6, 6.07) is 14.1. The van der Waals surface area contributed by atoms with E-state index < -0.39 is 23.2 Å². The van der Waals surface area contributed by atoms with E-state index in [2.05, 4.69) is 15.1 Å². The van der Waals surface area contributed by atoms with Gasteiger partial charge >= 0.3 is 5.97 Å². The minimum atomic E-state index is -1.02. The largest absolute Gasteiger partial charge is 0.481 e. The lowest BCUT2D eigenvalue weighted by Gasteiger charge is -2.18. The molecule has 0 aliphatic carbocycles. The van der Waals surface area contributed by atoms with Gasteiger partial charge in [-0.25, -0.2) is 18.7 Å². The fraction of sp³-hybridized carbons (Fsp3) is 0.233. The van der Waals surface area contributed by atoms with Crippen molar-refractivity contribution in [2.24, 2.45) is 5.16 Å². The summed E-state index contributed by atoms with van der Waals surface area (Å²) in [5.74, 6) is -1.99. The Balaban J connectivity index is 1.34. The number of H-pyrrole nitrogens is 1. The molecule has 0 unspecified atom stereocenters. The third kappa shape index (κ3) is 5.11. The number of rotatable bonds is 8. The van der Waals surface area contributed by atoms with Crippen LogP contribution in [0.3, 0.4) is 0 Å². The highest BCUT2D eigenvalue weighted by atomic mass is 35.5. The van der Waals surface area contributed by atoms with E-state index in [1.807, 2.05) is 0 Å². The summed E-state index contributed by atoms with van der Waals surface area (Å²) in [4.78, 5) is 42.7. The Hall–Kier alpha value is -4.64. The number of hydrogen-bond acceptors (Lipinski definition) is 6. The van der Waals surface area contributed by atoms with Gasteiger partial charge in [0.1, 0.15) is 5.82 Å². The van der Waals surface area contributed by atoms with Crippen LogP contribution in [0.4, 0.5) is 8.78 Å². The van der Waals surface area contributed by atoms with Gasteiger partial charge in [0.25, 0.3) is 5.56 Å². The highest BCUT2D eigenvalue weighted by Crippen LogP contribution is 2.36. The van der Waals surface area contributed by atoms with Crippen molar-refractivity contribution in [1.29, 1.82) is 0 Å². The molecule has 0 saturated carbocycles. The van der Waals surface area contributed by atoms with Crippen LogP contribution in [0.15, 0.2) is 64.5 Å². The lowest BCUT2D eigenvalue weighted by Crippen LogP contribution is -2.25. The molecule has 0 spiro atoms. The van der Waals surface area contributed by atoms with Gasteiger partial charge in [-0.1, -0.05) is 22.8 Å². The number of imidazole rings is 1. The Morgan fingerprint density at radius 3 is 2.60 bits per heavy atom. The van der Waals surface area contributed by atoms with E-state index in [-0.39, 0.29) is 17.5 Å². The van der Waals surface area contributed by atoms with Gasteiger partial charge in [0, 0.05) is 42.0 Å². The van der Waals surface area contributed by atoms with Gasteiger partial charge in [-0.2, -0.15) is 0 Å². The van der Waals surface area contributed by atoms with Crippen LogP contribution in [0.1, 0.15) is 49.8 Å². The van der Waals surface area contributed by atoms with E-state index in [0.29, 0.717) is 75.7 Å². The maximum absolute atomic E-state index is 13.7. The number of nitrogens with zero attached hydrogens (tertiary/aromatic N) is 4. The molecule has 2 N–H and O–H groups in total. The molecule has 214 valence electrons. The number of unbranched alkanes of at least 4 members (excludes halogenated alkanes) is 1. The van der Waals surface area contributed by atoms with Crippen LogP contribution in [0, 0.1) is 11.6 Å². The highest BCUT2D eigenvalue weighted by molar-refractivity contribution is 6.30. The molecule has 1 aliphatic heterocycles. The van der Waals surface area contributed by atoms with Crippen LogP contribution < -0.4 is 5.56 Å². The summed E-state index contributed by atoms with van der Waals surface area (Å²) in [7, 11) is 0. The average molecular weight is 592 g/mol. The quantitative estimate of drug-likeness (QED) is 0.212. The Bertz CT molecular complexity index is 1920. The molecule has 0 saturated heterocycles. The zero-order valence-electron chi connectivity index (χ0n) is 22.3. The lowest BCUT2D eigenvalue weighted by molar-refractivity contribution is -0.137. The third-order valence-corrected chi connectivity index (χ3v) is 7.54. The summed E-state index contributed by atoms with van der Waals surface area (Å²) in [5, 5.41) is 14.2. The maximum atomic E-state index is 13.7. The molecule has 6 rings (SSSR count). The first-order valence-corrected chi connectivity index (χ1v) is 13.6. The molecule has 0 radical (unpaired) electrons. The van der Waals surface area contributed by atoms with Crippen molar-refractivity contribution in [1.82, 2.24) is 19.5 Å². The van der Waals surface area contributed by atoms with E-state index in [4.69, 9.17) is 26.5 Å². The molecule has 5 aromatic rings. The van der Waals surface area contributed by atoms with Gasteiger partial charge in [-0.15, -0.1) is 0 Å². The monoisotopic (exact) mass is 591 g/mol. The average Bonchev–Trinajstić information content (AvgIpc) is 3.56. The number of aromatic amines is 1. The van der Waals surface area contributed by atoms with Crippen LogP contribution in [-0.2, 0) is 21.7 Å². The molecule has 0 amide bonds. The Labute approximate surface area is 242 Å². The summed E-state index contributed by atoms with van der Waals surface area (Å²) in [6.07, 6.45) is 1.68. The van der Waals surface area contributed by atoms with Gasteiger partial charge in [0.15, 0.2) is 23.1 Å². The fourth-order valence-corrected chi connectivity index (χ4v) is 5.20. The second kappa shape index (κ2) is 10.6. The number of benzene rings is 3. The number of aliphatic carboxylic acids is 1. The number of fused-ring (bicyclic) bond motifs is 2. The van der Waals surface area contributed by atoms with Crippen molar-refractivity contribution >= 4 is 45.2 Å². The zero-order valence-corrected chi connectivity index (χ0v) is 23.1. The summed E-state index contributed by atoms with van der Waals surface area (Å²) in [5.41, 5.74) is 1.66. The number of halogens is 3. The van der Waals surface area contributed by atoms with E-state index in [9.17, 15) is 18.4 Å². The summed E-state index contributed by atoms with van der Waals surface area (Å²) < 4.78 is 29.0. The topological polar surface area (TPSA) is 122 Å². The fourth-order valence-electron chi connectivity index (χ4n) is 5.07. The van der Waals surface area contributed by atoms with E-state index in [1.54, 1.807) is 49.4 Å². The number of carboxylic acid groups (broad SMARTS) is 1. The second-order valence-corrected chi connectivity index (χ2v) is 10.8. The van der Waals surface area contributed by atoms with Crippen LogP contribution in [0.25, 0.3) is 27.6 Å². The molecule has 1 aliphatic rings. The normalized spacial score (nSPS) is 16.6. The lowest BCUT2D eigenvalue weighted by atomic mass is 9.95. The van der Waals surface area contributed by atoms with Crippen molar-refractivity contribution in [2.75, 3.05) is 0 Å². The zero-order chi connectivity index (χ0) is 29.6. The van der Waals surface area contributed by atoms with E-state index in [0.717, 1.165) is 12.1 Å². The molecule has 42 heavy (non-hydrogen) atoms. The molecule has 12 heteroatoms. The van der Waals surface area contributed by atoms with Crippen LogP contribution in [0.2, 0.25) is 5.02 Å². The van der Waals surface area contributed by atoms with Gasteiger partial charge < -0.3 is 14.9 Å². The first-order chi connectivity index (χ1) is 20.1. The molecule has 0 bridgehead atoms. The van der Waals surface area contributed by atoms with Crippen molar-refractivity contribution in [3.05, 3.63) is 98.8 Å². The minimum Gasteiger partial charge on any atom is -0.481 e. The first-order valence-electron chi connectivity index (χ1n) is 13.3. The van der Waals surface area contributed by atoms with Crippen LogP contribution in [0.5, 0.6) is 0 Å². The molecule has 1 atom stereocenters. The predicted molar refractivity (Wildman–Crippen MR) is 153 cm³/mol. The minimum absolute atomic E-state index is 0.0244. The van der Waals surface area contributed by atoms with Crippen LogP contribution >= 0.6 is 11.6 Å². The number of carboxylic acids is 1. The van der Waals surface area contributed by atoms with E-state index >= 15 is 0 Å². The molecule has 3 aromatic carbocycles. The summed E-state index contributed by atoms with van der Waals surface area (Å²) in [6.45, 7) is 1.77. The number of nitrogens with one attached hydrogen (secondary N) is 1. The number of aryl methyl sites for hydroxylation is 1. The molecule has 3 heterocycles. The van der Waals surface area contributed by atoms with Crippen molar-refractivity contribution in [3.63, 3.8) is 0 Å². The SMILES string of the molecule is C[C@@]1(c2nc3cc(F)c(F)cc3[nH]2)CC(c2ccc3c(=O)n(-c4ccc(Cl)cc4)c(CCCCC(=O)O)nc3c2)=NO1. The van der Waals surface area contributed by atoms with Gasteiger partial charge in [-0.05, 0) is 56.2 Å². The van der Waals surface area contributed by atoms with Gasteiger partial charge in [0.05, 0.1) is 33.3 Å². The number of aromatic nitrogens is 4. The van der Waals surface area contributed by atoms with Gasteiger partial charge in [0.2, 0.25) is 0 Å². The number of oxime groups is 1. The number of hydrogen-bond donors (Lipinski definition) is 2. The predicted octanol–water partition coefficient (Wildman–Crippen LogP) is 6.03. The standard InChI is InChI=1S/C30H24ClF2N5O4/c1-30(29-35-23-13-20(32)21(33)14-24(23)36-29)15-25(37-42-30)16-6-11-19-22(12-16)34-26(4-2-3-5-27(39)40)38(28(19)41)18-9-7-17(31)8-10-18/h6-14H,2-5,15H2,1H3,(H,35,36)(H,39,40)/t30-/m0/s1. The van der Waals surface area contributed by atoms with Gasteiger partial charge in [-0.3, -0.25) is 14.2 Å². The first kappa shape index (κ1) is 27.5. The van der Waals surface area contributed by atoms with E-state index in [1.165, 1.54) is 4.57 Å². The molecular formula is C30H24ClF2N5O4. The third-order valence-electron chi connectivity index (χ3n) is 7.28. The van der Waals surface area contributed by atoms with Crippen molar-refractivity contribution in [2.45, 2.75) is 44.6 Å². The molecule has 9 nitrogen and oxygen atoms in total. The van der Waals surface area contributed by atoms with Crippen LogP contribution in [-0.4, -0.2) is 36.3 Å². The Morgan fingerprint density at radius 2 is 1.83 bits per heavy atom. The number of carbonyl (C=O) groups is 1. The molecule has 2 aromatic heterocycles. The molecular weight excluding hydrogens is 568 g/mol. The van der Waals surface area contributed by atoms with Crippen molar-refractivity contribution in [3.8, 4) is 5.69 Å². The summed E-state index contributed by atoms with van der Waals surface area (Å²) >= 11 is 6.06. The maximum Gasteiger partial charge on any atom is 0.303 e. The Kier molecular flexibility index (Phi) is 6.97. The second-order valence-electron chi connectivity index (χ2n) is 10.4. The Morgan fingerprint density at radius 1 is 1.07 bits per heavy atom. The molecule has 0 fully saturated rings. The van der Waals surface area contributed by atoms with Crippen molar-refractivity contribution < 1.29 is 23.5 Å². The highest BCUT2D eigenvalue weighted by Gasteiger charge is 2.40. The smallest absolute Gasteiger partial charge is 0.303 e.